The fraction of sp³-hybridized carbons (Fsp3) is 0.100. The first kappa shape index (κ1) is 8.55. The van der Waals surface area contributed by atoms with Gasteiger partial charge in [-0.3, -0.25) is 0 Å². The summed E-state index contributed by atoms with van der Waals surface area (Å²) in [4.78, 5) is 0. The van der Waals surface area contributed by atoms with E-state index in [1.165, 1.54) is 5.56 Å². The number of nitriles is 1. The summed E-state index contributed by atoms with van der Waals surface area (Å²) in [5.74, 6) is 0. The van der Waals surface area contributed by atoms with Gasteiger partial charge in [0.2, 0.25) is 0 Å². The van der Waals surface area contributed by atoms with Gasteiger partial charge in [0, 0.05) is 0 Å². The molecule has 1 heterocycles. The van der Waals surface area contributed by atoms with Gasteiger partial charge in [-0.05, 0) is 35.4 Å². The summed E-state index contributed by atoms with van der Waals surface area (Å²) in [5, 5.41) is 12.6. The summed E-state index contributed by atoms with van der Waals surface area (Å²) in [7, 11) is 0. The van der Waals surface area contributed by atoms with Crippen LogP contribution in [0, 0.1) is 18.3 Å². The Labute approximate surface area is 85.2 Å². The van der Waals surface area contributed by atoms with Gasteiger partial charge in [-0.2, -0.15) is 5.26 Å². The number of hydrogen-bond acceptors (Lipinski definition) is 2. The SMILES string of the molecule is Cc1csc2c(Cl)cc(C#N)cc12. The predicted molar refractivity (Wildman–Crippen MR) is 56.3 cm³/mol. The minimum absolute atomic E-state index is 0.624. The van der Waals surface area contributed by atoms with E-state index in [2.05, 4.69) is 11.4 Å². The normalized spacial score (nSPS) is 10.2. The Morgan fingerprint density at radius 2 is 2.23 bits per heavy atom. The fourth-order valence-electron chi connectivity index (χ4n) is 1.28. The standard InChI is InChI=1S/C10H6ClNS/c1-6-5-13-10-8(6)2-7(4-12)3-9(10)11/h2-3,5H,1H3. The van der Waals surface area contributed by atoms with Crippen molar-refractivity contribution in [2.45, 2.75) is 6.92 Å². The van der Waals surface area contributed by atoms with Crippen molar-refractivity contribution in [1.82, 2.24) is 0 Å². The highest BCUT2D eigenvalue weighted by molar-refractivity contribution is 7.18. The molecular formula is C10H6ClNS. The molecule has 1 aromatic heterocycles. The highest BCUT2D eigenvalue weighted by Gasteiger charge is 2.05. The van der Waals surface area contributed by atoms with Crippen molar-refractivity contribution >= 4 is 33.0 Å². The number of thiophene rings is 1. The summed E-state index contributed by atoms with van der Waals surface area (Å²) in [5.41, 5.74) is 1.80. The summed E-state index contributed by atoms with van der Waals surface area (Å²) in [6, 6.07) is 5.69. The molecule has 0 saturated carbocycles. The van der Waals surface area contributed by atoms with Gasteiger partial charge >= 0.3 is 0 Å². The Morgan fingerprint density at radius 1 is 1.46 bits per heavy atom. The Bertz CT molecular complexity index is 507. The number of halogens is 1. The lowest BCUT2D eigenvalue weighted by Gasteiger charge is -1.95. The zero-order valence-electron chi connectivity index (χ0n) is 6.97. The summed E-state index contributed by atoms with van der Waals surface area (Å²) < 4.78 is 1.07. The van der Waals surface area contributed by atoms with Gasteiger partial charge in [-0.1, -0.05) is 11.6 Å². The van der Waals surface area contributed by atoms with E-state index in [1.807, 2.05) is 13.0 Å². The van der Waals surface area contributed by atoms with Crippen LogP contribution in [0.2, 0.25) is 5.02 Å². The van der Waals surface area contributed by atoms with E-state index >= 15 is 0 Å². The molecule has 2 rings (SSSR count). The van der Waals surface area contributed by atoms with Crippen LogP contribution in [-0.2, 0) is 0 Å². The molecule has 3 heteroatoms. The second-order valence-corrected chi connectivity index (χ2v) is 4.15. The third-order valence-corrected chi connectivity index (χ3v) is 3.51. The first-order chi connectivity index (χ1) is 6.22. The molecule has 0 fully saturated rings. The first-order valence-electron chi connectivity index (χ1n) is 3.80. The molecule has 13 heavy (non-hydrogen) atoms. The van der Waals surface area contributed by atoms with Crippen LogP contribution in [0.5, 0.6) is 0 Å². The molecule has 0 saturated heterocycles. The predicted octanol–water partition coefficient (Wildman–Crippen LogP) is 3.73. The molecule has 0 amide bonds. The molecule has 0 radical (unpaired) electrons. The quantitative estimate of drug-likeness (QED) is 0.646. The van der Waals surface area contributed by atoms with Crippen LogP contribution in [0.1, 0.15) is 11.1 Å². The lowest BCUT2D eigenvalue weighted by atomic mass is 10.1. The van der Waals surface area contributed by atoms with Crippen LogP contribution >= 0.6 is 22.9 Å². The molecule has 0 aliphatic heterocycles. The van der Waals surface area contributed by atoms with Gasteiger partial charge in [0.05, 0.1) is 21.4 Å². The monoisotopic (exact) mass is 207 g/mol. The minimum Gasteiger partial charge on any atom is -0.192 e. The molecule has 0 bridgehead atoms. The molecule has 0 aliphatic rings. The fourth-order valence-corrected chi connectivity index (χ4v) is 2.57. The first-order valence-corrected chi connectivity index (χ1v) is 5.05. The summed E-state index contributed by atoms with van der Waals surface area (Å²) in [6.07, 6.45) is 0. The van der Waals surface area contributed by atoms with Crippen LogP contribution < -0.4 is 0 Å². The smallest absolute Gasteiger partial charge is 0.0992 e. The molecule has 0 aliphatic carbocycles. The van der Waals surface area contributed by atoms with Crippen molar-refractivity contribution in [2.24, 2.45) is 0 Å². The number of rotatable bonds is 0. The van der Waals surface area contributed by atoms with E-state index < -0.39 is 0 Å². The molecule has 2 aromatic rings. The average molecular weight is 208 g/mol. The summed E-state index contributed by atoms with van der Waals surface area (Å²) in [6.45, 7) is 2.02. The van der Waals surface area contributed by atoms with Crippen LogP contribution in [-0.4, -0.2) is 0 Å². The number of nitrogens with zero attached hydrogens (tertiary/aromatic N) is 1. The van der Waals surface area contributed by atoms with E-state index in [-0.39, 0.29) is 0 Å². The van der Waals surface area contributed by atoms with Crippen LogP contribution in [0.25, 0.3) is 10.1 Å². The zero-order valence-corrected chi connectivity index (χ0v) is 8.54. The summed E-state index contributed by atoms with van der Waals surface area (Å²) >= 11 is 7.63. The molecule has 0 unspecified atom stereocenters. The highest BCUT2D eigenvalue weighted by Crippen LogP contribution is 2.32. The minimum atomic E-state index is 0.624. The largest absolute Gasteiger partial charge is 0.192 e. The van der Waals surface area contributed by atoms with Crippen molar-refractivity contribution in [1.29, 1.82) is 5.26 Å². The Balaban J connectivity index is 2.90. The maximum Gasteiger partial charge on any atom is 0.0992 e. The van der Waals surface area contributed by atoms with Gasteiger partial charge in [0.25, 0.3) is 0 Å². The van der Waals surface area contributed by atoms with Crippen molar-refractivity contribution in [3.63, 3.8) is 0 Å². The van der Waals surface area contributed by atoms with Crippen molar-refractivity contribution in [2.75, 3.05) is 0 Å². The molecule has 1 aromatic carbocycles. The second-order valence-electron chi connectivity index (χ2n) is 2.87. The van der Waals surface area contributed by atoms with Crippen molar-refractivity contribution < 1.29 is 0 Å². The van der Waals surface area contributed by atoms with Gasteiger partial charge in [0.1, 0.15) is 0 Å². The Kier molecular flexibility index (Phi) is 1.99. The van der Waals surface area contributed by atoms with Crippen LogP contribution in [0.4, 0.5) is 0 Å². The van der Waals surface area contributed by atoms with E-state index in [1.54, 1.807) is 17.4 Å². The van der Waals surface area contributed by atoms with Gasteiger partial charge < -0.3 is 0 Å². The lowest BCUT2D eigenvalue weighted by molar-refractivity contribution is 1.49. The van der Waals surface area contributed by atoms with Crippen LogP contribution in [0.15, 0.2) is 17.5 Å². The molecular weight excluding hydrogens is 202 g/mol. The average Bonchev–Trinajstić information content (AvgIpc) is 2.48. The molecule has 0 atom stereocenters. The van der Waals surface area contributed by atoms with E-state index in [4.69, 9.17) is 16.9 Å². The number of hydrogen-bond donors (Lipinski definition) is 0. The van der Waals surface area contributed by atoms with E-state index in [0.717, 1.165) is 10.1 Å². The molecule has 1 nitrogen and oxygen atoms in total. The third-order valence-electron chi connectivity index (χ3n) is 1.95. The number of fused-ring (bicyclic) bond motifs is 1. The highest BCUT2D eigenvalue weighted by atomic mass is 35.5. The van der Waals surface area contributed by atoms with Gasteiger partial charge in [0.15, 0.2) is 0 Å². The zero-order chi connectivity index (χ0) is 9.42. The van der Waals surface area contributed by atoms with E-state index in [0.29, 0.717) is 10.6 Å². The maximum atomic E-state index is 8.74. The third kappa shape index (κ3) is 1.31. The topological polar surface area (TPSA) is 23.8 Å². The molecule has 0 spiro atoms. The maximum absolute atomic E-state index is 8.74. The van der Waals surface area contributed by atoms with Crippen molar-refractivity contribution in [3.8, 4) is 6.07 Å². The van der Waals surface area contributed by atoms with Crippen LogP contribution in [0.3, 0.4) is 0 Å². The lowest BCUT2D eigenvalue weighted by Crippen LogP contribution is -1.75. The Morgan fingerprint density at radius 3 is 2.92 bits per heavy atom. The molecule has 0 N–H and O–H groups in total. The Hall–Kier alpha value is -1.04. The van der Waals surface area contributed by atoms with Crippen molar-refractivity contribution in [3.05, 3.63) is 33.7 Å². The van der Waals surface area contributed by atoms with Gasteiger partial charge in [-0.15, -0.1) is 11.3 Å². The molecule has 64 valence electrons. The number of aryl methyl sites for hydroxylation is 1. The van der Waals surface area contributed by atoms with Gasteiger partial charge in [-0.25, -0.2) is 0 Å². The van der Waals surface area contributed by atoms with E-state index in [9.17, 15) is 0 Å². The number of benzene rings is 1. The second kappa shape index (κ2) is 3.02.